The normalized spacial score (nSPS) is 13.5. The zero-order valence-corrected chi connectivity index (χ0v) is 14.8. The number of rotatable bonds is 5. The van der Waals surface area contributed by atoms with Crippen LogP contribution >= 0.6 is 23.4 Å². The van der Waals surface area contributed by atoms with Crippen molar-refractivity contribution >= 4 is 39.5 Å². The standard InChI is InChI=1S/C16H19ClN2O3S/c1-9-4-14-12(6-13(9)17)11(5-15(20)22-14)8-23-16(18)19-10(2)7-21-3/h4-6,10H,7-8H2,1-3H3,(H2,18,19)/t10-/m1/s1. The number of thioether (sulfide) groups is 1. The summed E-state index contributed by atoms with van der Waals surface area (Å²) in [4.78, 5) is 16.0. The minimum absolute atomic E-state index is 0.0119. The van der Waals surface area contributed by atoms with Crippen molar-refractivity contribution in [1.82, 2.24) is 0 Å². The molecule has 5 nitrogen and oxygen atoms in total. The van der Waals surface area contributed by atoms with E-state index in [2.05, 4.69) is 4.99 Å². The summed E-state index contributed by atoms with van der Waals surface area (Å²) in [5, 5.41) is 1.90. The molecule has 0 fully saturated rings. The van der Waals surface area contributed by atoms with Gasteiger partial charge in [0.15, 0.2) is 5.17 Å². The molecule has 2 aromatic rings. The van der Waals surface area contributed by atoms with Crippen molar-refractivity contribution in [3.63, 3.8) is 0 Å². The summed E-state index contributed by atoms with van der Waals surface area (Å²) < 4.78 is 10.3. The highest BCUT2D eigenvalue weighted by Gasteiger charge is 2.10. The lowest BCUT2D eigenvalue weighted by molar-refractivity contribution is 0.186. The highest BCUT2D eigenvalue weighted by atomic mass is 35.5. The SMILES string of the molecule is COC[C@@H](C)N=C(N)SCc1cc(=O)oc2cc(C)c(Cl)cc12. The lowest BCUT2D eigenvalue weighted by Crippen LogP contribution is -2.15. The molecule has 2 rings (SSSR count). The van der Waals surface area contributed by atoms with E-state index in [9.17, 15) is 4.79 Å². The average molecular weight is 355 g/mol. The molecule has 0 saturated heterocycles. The van der Waals surface area contributed by atoms with Crippen molar-refractivity contribution in [1.29, 1.82) is 0 Å². The number of methoxy groups -OCH3 is 1. The summed E-state index contributed by atoms with van der Waals surface area (Å²) in [7, 11) is 1.62. The van der Waals surface area contributed by atoms with Crippen molar-refractivity contribution in [2.75, 3.05) is 13.7 Å². The number of benzene rings is 1. The Kier molecular flexibility index (Phi) is 6.10. The fraction of sp³-hybridized carbons (Fsp3) is 0.375. The number of ether oxygens (including phenoxy) is 1. The van der Waals surface area contributed by atoms with Crippen molar-refractivity contribution in [2.45, 2.75) is 25.6 Å². The van der Waals surface area contributed by atoms with E-state index in [-0.39, 0.29) is 6.04 Å². The van der Waals surface area contributed by atoms with Gasteiger partial charge in [-0.25, -0.2) is 4.79 Å². The molecule has 124 valence electrons. The monoisotopic (exact) mass is 354 g/mol. The molecule has 1 atom stereocenters. The van der Waals surface area contributed by atoms with Crippen LogP contribution in [0, 0.1) is 6.92 Å². The third kappa shape index (κ3) is 4.73. The Morgan fingerprint density at radius 2 is 2.22 bits per heavy atom. The second kappa shape index (κ2) is 7.86. The first-order chi connectivity index (χ1) is 10.9. The van der Waals surface area contributed by atoms with Crippen LogP contribution in [0.4, 0.5) is 0 Å². The molecule has 23 heavy (non-hydrogen) atoms. The molecule has 1 aromatic carbocycles. The van der Waals surface area contributed by atoms with Crippen LogP contribution in [0.3, 0.4) is 0 Å². The largest absolute Gasteiger partial charge is 0.423 e. The third-order valence-corrected chi connectivity index (χ3v) is 4.50. The number of hydrogen-bond acceptors (Lipinski definition) is 5. The van der Waals surface area contributed by atoms with E-state index < -0.39 is 5.63 Å². The molecule has 1 heterocycles. The first-order valence-electron chi connectivity index (χ1n) is 7.08. The van der Waals surface area contributed by atoms with E-state index in [0.29, 0.717) is 28.1 Å². The maximum Gasteiger partial charge on any atom is 0.336 e. The molecule has 1 aromatic heterocycles. The minimum atomic E-state index is -0.391. The molecule has 0 bridgehead atoms. The summed E-state index contributed by atoms with van der Waals surface area (Å²) in [5.41, 5.74) is 7.74. The predicted octanol–water partition coefficient (Wildman–Crippen LogP) is 3.34. The molecule has 0 saturated carbocycles. The third-order valence-electron chi connectivity index (χ3n) is 3.24. The summed E-state index contributed by atoms with van der Waals surface area (Å²) in [6.07, 6.45) is 0. The second-order valence-corrected chi connectivity index (χ2v) is 6.65. The van der Waals surface area contributed by atoms with Crippen LogP contribution < -0.4 is 11.4 Å². The number of fused-ring (bicyclic) bond motifs is 1. The van der Waals surface area contributed by atoms with E-state index >= 15 is 0 Å². The molecule has 0 amide bonds. The smallest absolute Gasteiger partial charge is 0.336 e. The van der Waals surface area contributed by atoms with E-state index in [1.54, 1.807) is 13.2 Å². The molecule has 0 aliphatic heterocycles. The summed E-state index contributed by atoms with van der Waals surface area (Å²) in [6, 6.07) is 5.03. The summed E-state index contributed by atoms with van der Waals surface area (Å²) in [6.45, 7) is 4.30. The Labute approximate surface area is 143 Å². The van der Waals surface area contributed by atoms with Crippen LogP contribution in [-0.2, 0) is 10.5 Å². The molecular formula is C16H19ClN2O3S. The van der Waals surface area contributed by atoms with Gasteiger partial charge < -0.3 is 14.9 Å². The van der Waals surface area contributed by atoms with E-state index in [1.165, 1.54) is 17.8 Å². The number of aliphatic imine (C=N–C) groups is 1. The topological polar surface area (TPSA) is 77.8 Å². The molecule has 7 heteroatoms. The van der Waals surface area contributed by atoms with E-state index in [4.69, 9.17) is 26.5 Å². The highest BCUT2D eigenvalue weighted by molar-refractivity contribution is 8.13. The molecular weight excluding hydrogens is 336 g/mol. The van der Waals surface area contributed by atoms with Gasteiger partial charge >= 0.3 is 5.63 Å². The lowest BCUT2D eigenvalue weighted by atomic mass is 10.1. The number of nitrogens with zero attached hydrogens (tertiary/aromatic N) is 1. The van der Waals surface area contributed by atoms with Gasteiger partial charge in [-0.15, -0.1) is 0 Å². The Morgan fingerprint density at radius 1 is 1.48 bits per heavy atom. The van der Waals surface area contributed by atoms with Crippen LogP contribution in [0.15, 0.2) is 32.4 Å². The number of aryl methyl sites for hydroxylation is 1. The molecule has 0 aliphatic carbocycles. The predicted molar refractivity (Wildman–Crippen MR) is 96.5 cm³/mol. The minimum Gasteiger partial charge on any atom is -0.423 e. The fourth-order valence-corrected chi connectivity index (χ4v) is 3.11. The van der Waals surface area contributed by atoms with Crippen LogP contribution in [0.1, 0.15) is 18.1 Å². The number of nitrogens with two attached hydrogens (primary N) is 1. The maximum atomic E-state index is 11.7. The molecule has 0 aliphatic rings. The van der Waals surface area contributed by atoms with Gasteiger partial charge in [0.2, 0.25) is 0 Å². The van der Waals surface area contributed by atoms with Gasteiger partial charge in [0, 0.05) is 29.3 Å². The fourth-order valence-electron chi connectivity index (χ4n) is 2.15. The zero-order chi connectivity index (χ0) is 17.0. The Hall–Kier alpha value is -1.50. The van der Waals surface area contributed by atoms with Gasteiger partial charge in [0.25, 0.3) is 0 Å². The maximum absolute atomic E-state index is 11.7. The van der Waals surface area contributed by atoms with Crippen LogP contribution in [0.25, 0.3) is 11.0 Å². The lowest BCUT2D eigenvalue weighted by Gasteiger charge is -2.09. The summed E-state index contributed by atoms with van der Waals surface area (Å²) >= 11 is 7.54. The molecule has 2 N–H and O–H groups in total. The molecule has 0 unspecified atom stereocenters. The van der Waals surface area contributed by atoms with E-state index in [1.807, 2.05) is 19.9 Å². The van der Waals surface area contributed by atoms with Crippen LogP contribution in [0.5, 0.6) is 0 Å². The van der Waals surface area contributed by atoms with Crippen molar-refractivity contribution in [2.24, 2.45) is 10.7 Å². The Balaban J connectivity index is 2.26. The quantitative estimate of drug-likeness (QED) is 0.506. The number of halogens is 1. The highest BCUT2D eigenvalue weighted by Crippen LogP contribution is 2.27. The Bertz CT molecular complexity index is 789. The average Bonchev–Trinajstić information content (AvgIpc) is 2.47. The van der Waals surface area contributed by atoms with Gasteiger partial charge in [-0.1, -0.05) is 23.4 Å². The van der Waals surface area contributed by atoms with Gasteiger partial charge in [-0.05, 0) is 37.1 Å². The van der Waals surface area contributed by atoms with Gasteiger partial charge in [0.1, 0.15) is 5.58 Å². The number of amidine groups is 1. The first kappa shape index (κ1) is 17.8. The van der Waals surface area contributed by atoms with Gasteiger partial charge in [-0.2, -0.15) is 0 Å². The molecule has 0 spiro atoms. The summed E-state index contributed by atoms with van der Waals surface area (Å²) in [5.74, 6) is 0.510. The Morgan fingerprint density at radius 3 is 2.91 bits per heavy atom. The van der Waals surface area contributed by atoms with Gasteiger partial charge in [0.05, 0.1) is 12.6 Å². The second-order valence-electron chi connectivity index (χ2n) is 5.25. The van der Waals surface area contributed by atoms with Crippen LogP contribution in [-0.4, -0.2) is 24.9 Å². The van der Waals surface area contributed by atoms with Crippen molar-refractivity contribution in [3.05, 3.63) is 44.8 Å². The van der Waals surface area contributed by atoms with Crippen molar-refractivity contribution < 1.29 is 9.15 Å². The molecule has 0 radical (unpaired) electrons. The van der Waals surface area contributed by atoms with Crippen molar-refractivity contribution in [3.8, 4) is 0 Å². The van der Waals surface area contributed by atoms with Crippen LogP contribution in [0.2, 0.25) is 5.02 Å². The first-order valence-corrected chi connectivity index (χ1v) is 8.45. The van der Waals surface area contributed by atoms with Gasteiger partial charge in [-0.3, -0.25) is 4.99 Å². The van der Waals surface area contributed by atoms with E-state index in [0.717, 1.165) is 16.5 Å². The number of hydrogen-bond donors (Lipinski definition) is 1. The zero-order valence-electron chi connectivity index (χ0n) is 13.3.